The van der Waals surface area contributed by atoms with E-state index < -0.39 is 0 Å². The van der Waals surface area contributed by atoms with E-state index in [1.165, 1.54) is 0 Å². The largest absolute Gasteiger partial charge is 0.361 e. The van der Waals surface area contributed by atoms with Gasteiger partial charge in [-0.15, -0.1) is 0 Å². The summed E-state index contributed by atoms with van der Waals surface area (Å²) in [6.07, 6.45) is 5.92. The van der Waals surface area contributed by atoms with Crippen molar-refractivity contribution in [3.63, 3.8) is 0 Å². The fourth-order valence-electron chi connectivity index (χ4n) is 2.28. The maximum Gasteiger partial charge on any atom is 0.252 e. The van der Waals surface area contributed by atoms with Crippen LogP contribution in [0.2, 0.25) is 5.02 Å². The topological polar surface area (TPSA) is 57.8 Å². The van der Waals surface area contributed by atoms with Crippen molar-refractivity contribution in [3.8, 4) is 0 Å². The summed E-state index contributed by atoms with van der Waals surface area (Å²) in [7, 11) is 0. The molecule has 0 radical (unpaired) electrons. The molecule has 3 rings (SSSR count). The molecule has 0 saturated heterocycles. The van der Waals surface area contributed by atoms with Crippen LogP contribution in [0.1, 0.15) is 15.9 Å². The minimum Gasteiger partial charge on any atom is -0.361 e. The lowest BCUT2D eigenvalue weighted by molar-refractivity contribution is 0.0954. The first-order valence-corrected chi connectivity index (χ1v) is 7.05. The highest BCUT2D eigenvalue weighted by Gasteiger charge is 2.07. The first kappa shape index (κ1) is 13.6. The van der Waals surface area contributed by atoms with Gasteiger partial charge in [0.2, 0.25) is 0 Å². The Morgan fingerprint density at radius 2 is 2.24 bits per heavy atom. The number of hydrogen-bond donors (Lipinski definition) is 2. The van der Waals surface area contributed by atoms with Gasteiger partial charge in [-0.05, 0) is 36.2 Å². The van der Waals surface area contributed by atoms with Crippen LogP contribution in [0.15, 0.2) is 48.9 Å². The molecular formula is C16H14ClN3O. The number of aromatic nitrogens is 2. The molecule has 0 unspecified atom stereocenters. The zero-order chi connectivity index (χ0) is 14.7. The van der Waals surface area contributed by atoms with E-state index in [-0.39, 0.29) is 5.91 Å². The number of nitrogens with zero attached hydrogens (tertiary/aromatic N) is 1. The normalized spacial score (nSPS) is 10.7. The van der Waals surface area contributed by atoms with Gasteiger partial charge in [-0.3, -0.25) is 9.78 Å². The van der Waals surface area contributed by atoms with Crippen LogP contribution in [-0.4, -0.2) is 22.4 Å². The number of amides is 1. The molecule has 0 spiro atoms. The first-order valence-electron chi connectivity index (χ1n) is 6.68. The molecule has 0 fully saturated rings. The van der Waals surface area contributed by atoms with Crippen molar-refractivity contribution in [2.24, 2.45) is 0 Å². The van der Waals surface area contributed by atoms with Crippen LogP contribution in [0.3, 0.4) is 0 Å². The molecule has 21 heavy (non-hydrogen) atoms. The number of aromatic amines is 1. The fraction of sp³-hybridized carbons (Fsp3) is 0.125. The lowest BCUT2D eigenvalue weighted by Crippen LogP contribution is -2.25. The minimum absolute atomic E-state index is 0.106. The number of benzene rings is 1. The maximum absolute atomic E-state index is 11.9. The van der Waals surface area contributed by atoms with Gasteiger partial charge >= 0.3 is 0 Å². The molecule has 1 amide bonds. The molecule has 3 aromatic rings. The number of hydrogen-bond acceptors (Lipinski definition) is 2. The van der Waals surface area contributed by atoms with E-state index in [0.717, 1.165) is 22.9 Å². The number of H-pyrrole nitrogens is 1. The van der Waals surface area contributed by atoms with Gasteiger partial charge in [-0.1, -0.05) is 17.7 Å². The molecule has 0 saturated carbocycles. The van der Waals surface area contributed by atoms with Gasteiger partial charge in [0.25, 0.3) is 5.91 Å². The quantitative estimate of drug-likeness (QED) is 0.777. The zero-order valence-electron chi connectivity index (χ0n) is 11.3. The van der Waals surface area contributed by atoms with E-state index in [2.05, 4.69) is 15.3 Å². The minimum atomic E-state index is -0.106. The third-order valence-corrected chi connectivity index (χ3v) is 3.57. The molecule has 0 bridgehead atoms. The second-order valence-corrected chi connectivity index (χ2v) is 5.19. The van der Waals surface area contributed by atoms with Crippen molar-refractivity contribution in [1.82, 2.24) is 15.3 Å². The van der Waals surface area contributed by atoms with Gasteiger partial charge in [0.05, 0.1) is 5.56 Å². The Morgan fingerprint density at radius 1 is 1.33 bits per heavy atom. The van der Waals surface area contributed by atoms with E-state index in [1.54, 1.807) is 24.5 Å². The van der Waals surface area contributed by atoms with Crippen LogP contribution in [0.5, 0.6) is 0 Å². The fourth-order valence-corrected chi connectivity index (χ4v) is 2.45. The highest BCUT2D eigenvalue weighted by Crippen LogP contribution is 2.22. The molecule has 1 aromatic carbocycles. The lowest BCUT2D eigenvalue weighted by atomic mass is 10.1. The van der Waals surface area contributed by atoms with Crippen LogP contribution in [0.4, 0.5) is 0 Å². The third-order valence-electron chi connectivity index (χ3n) is 3.33. The van der Waals surface area contributed by atoms with Gasteiger partial charge in [-0.25, -0.2) is 0 Å². The van der Waals surface area contributed by atoms with Crippen LogP contribution < -0.4 is 5.32 Å². The van der Waals surface area contributed by atoms with Crippen molar-refractivity contribution < 1.29 is 4.79 Å². The summed E-state index contributed by atoms with van der Waals surface area (Å²) in [4.78, 5) is 19.0. The number of rotatable bonds is 4. The molecule has 4 nitrogen and oxygen atoms in total. The van der Waals surface area contributed by atoms with E-state index in [4.69, 9.17) is 11.6 Å². The van der Waals surface area contributed by atoms with E-state index >= 15 is 0 Å². The Hall–Kier alpha value is -2.33. The monoisotopic (exact) mass is 299 g/mol. The highest BCUT2D eigenvalue weighted by atomic mass is 35.5. The summed E-state index contributed by atoms with van der Waals surface area (Å²) in [6, 6.07) is 9.25. The predicted octanol–water partition coefficient (Wildman–Crippen LogP) is 3.19. The van der Waals surface area contributed by atoms with Gasteiger partial charge in [0, 0.05) is 41.1 Å². The number of halogens is 1. The Kier molecular flexibility index (Phi) is 3.88. The Morgan fingerprint density at radius 3 is 3.05 bits per heavy atom. The van der Waals surface area contributed by atoms with Crippen LogP contribution >= 0.6 is 11.6 Å². The molecule has 5 heteroatoms. The summed E-state index contributed by atoms with van der Waals surface area (Å²) in [5.74, 6) is -0.106. The summed E-state index contributed by atoms with van der Waals surface area (Å²) in [5, 5.41) is 4.74. The molecule has 0 aliphatic carbocycles. The van der Waals surface area contributed by atoms with Gasteiger partial charge in [0.1, 0.15) is 0 Å². The second kappa shape index (κ2) is 5.97. The summed E-state index contributed by atoms with van der Waals surface area (Å²) >= 11 is 5.96. The number of fused-ring (bicyclic) bond motifs is 1. The summed E-state index contributed by atoms with van der Waals surface area (Å²) in [6.45, 7) is 0.573. The van der Waals surface area contributed by atoms with Crippen molar-refractivity contribution in [1.29, 1.82) is 0 Å². The van der Waals surface area contributed by atoms with Crippen molar-refractivity contribution in [3.05, 3.63) is 65.1 Å². The highest BCUT2D eigenvalue weighted by molar-refractivity contribution is 6.31. The van der Waals surface area contributed by atoms with Crippen molar-refractivity contribution >= 4 is 28.4 Å². The molecule has 0 atom stereocenters. The molecule has 2 N–H and O–H groups in total. The van der Waals surface area contributed by atoms with Gasteiger partial charge in [0.15, 0.2) is 0 Å². The average molecular weight is 300 g/mol. The Balaban J connectivity index is 1.63. The number of carbonyl (C=O) groups excluding carboxylic acids is 1. The molecule has 2 aromatic heterocycles. The van der Waals surface area contributed by atoms with Crippen molar-refractivity contribution in [2.75, 3.05) is 6.54 Å². The van der Waals surface area contributed by atoms with Crippen LogP contribution in [0, 0.1) is 0 Å². The molecule has 2 heterocycles. The zero-order valence-corrected chi connectivity index (χ0v) is 12.0. The van der Waals surface area contributed by atoms with E-state index in [9.17, 15) is 4.79 Å². The van der Waals surface area contributed by atoms with Crippen molar-refractivity contribution in [2.45, 2.75) is 6.42 Å². The number of pyridine rings is 1. The average Bonchev–Trinajstić information content (AvgIpc) is 2.90. The number of carbonyl (C=O) groups is 1. The summed E-state index contributed by atoms with van der Waals surface area (Å²) < 4.78 is 0. The summed E-state index contributed by atoms with van der Waals surface area (Å²) in [5.41, 5.74) is 2.74. The molecule has 0 aliphatic heterocycles. The smallest absolute Gasteiger partial charge is 0.252 e. The molecule has 0 aliphatic rings. The standard InChI is InChI=1S/C16H14ClN3O/c17-13-3-4-14-11(10-20-15(14)8-13)5-7-19-16(21)12-2-1-6-18-9-12/h1-4,6,8-10,20H,5,7H2,(H,19,21). The predicted molar refractivity (Wildman–Crippen MR) is 83.6 cm³/mol. The Bertz CT molecular complexity index is 768. The number of nitrogens with one attached hydrogen (secondary N) is 2. The second-order valence-electron chi connectivity index (χ2n) is 4.75. The lowest BCUT2D eigenvalue weighted by Gasteiger charge is -2.04. The third kappa shape index (κ3) is 3.06. The SMILES string of the molecule is O=C(NCCc1c[nH]c2cc(Cl)ccc12)c1cccnc1. The Labute approximate surface area is 127 Å². The van der Waals surface area contributed by atoms with Crippen LogP contribution in [-0.2, 0) is 6.42 Å². The van der Waals surface area contributed by atoms with E-state index in [0.29, 0.717) is 17.1 Å². The maximum atomic E-state index is 11.9. The van der Waals surface area contributed by atoms with E-state index in [1.807, 2.05) is 24.4 Å². The first-order chi connectivity index (χ1) is 10.2. The van der Waals surface area contributed by atoms with Crippen LogP contribution in [0.25, 0.3) is 10.9 Å². The molecule has 106 valence electrons. The molecular weight excluding hydrogens is 286 g/mol. The van der Waals surface area contributed by atoms with Gasteiger partial charge in [-0.2, -0.15) is 0 Å². The van der Waals surface area contributed by atoms with Gasteiger partial charge < -0.3 is 10.3 Å².